The molecule has 1 aromatic carbocycles. The van der Waals surface area contributed by atoms with Crippen LogP contribution in [0.3, 0.4) is 0 Å². The van der Waals surface area contributed by atoms with Crippen LogP contribution in [0.1, 0.15) is 31.2 Å². The van der Waals surface area contributed by atoms with E-state index in [4.69, 9.17) is 9.47 Å². The summed E-state index contributed by atoms with van der Waals surface area (Å²) >= 11 is 3.55. The van der Waals surface area contributed by atoms with E-state index in [-0.39, 0.29) is 0 Å². The first-order chi connectivity index (χ1) is 7.85. The minimum Gasteiger partial charge on any atom is -0.490 e. The molecule has 2 nitrogen and oxygen atoms in total. The lowest BCUT2D eigenvalue weighted by Gasteiger charge is -2.14. The predicted octanol–water partition coefficient (Wildman–Crippen LogP) is 3.74. The molecule has 0 aromatic heterocycles. The maximum absolute atomic E-state index is 5.69. The summed E-state index contributed by atoms with van der Waals surface area (Å²) in [7, 11) is 0. The maximum Gasteiger partial charge on any atom is 0.161 e. The third kappa shape index (κ3) is 2.51. The molecule has 0 N–H and O–H groups in total. The predicted molar refractivity (Wildman–Crippen MR) is 68.9 cm³/mol. The van der Waals surface area contributed by atoms with E-state index in [0.29, 0.717) is 5.92 Å². The molecule has 1 aromatic rings. The molecule has 3 heteroatoms. The molecule has 0 amide bonds. The van der Waals surface area contributed by atoms with Gasteiger partial charge in [-0.3, -0.25) is 0 Å². The zero-order chi connectivity index (χ0) is 11.4. The van der Waals surface area contributed by atoms with Crippen LogP contribution in [0.15, 0.2) is 18.2 Å². The monoisotopic (exact) mass is 284 g/mol. The number of alkyl halides is 1. The van der Waals surface area contributed by atoms with Crippen molar-refractivity contribution in [2.24, 2.45) is 0 Å². The first-order valence-corrected chi connectivity index (χ1v) is 6.92. The Morgan fingerprint density at radius 3 is 2.69 bits per heavy atom. The van der Waals surface area contributed by atoms with Crippen LogP contribution in [-0.4, -0.2) is 18.5 Å². The summed E-state index contributed by atoms with van der Waals surface area (Å²) in [5.41, 5.74) is 1.32. The highest BCUT2D eigenvalue weighted by atomic mass is 79.9. The summed E-state index contributed by atoms with van der Waals surface area (Å²) in [4.78, 5) is 0. The number of ether oxygens (including phenoxy) is 2. The summed E-state index contributed by atoms with van der Waals surface area (Å²) in [5.74, 6) is 2.33. The Kier molecular flexibility index (Phi) is 4.10. The standard InChI is InChI=1S/C13H17BrO2/c1-2-10(9-14)11-4-5-12-13(8-11)16-7-3-6-15-12/h4-5,8,10H,2-3,6-7,9H2,1H3. The van der Waals surface area contributed by atoms with Crippen molar-refractivity contribution in [2.75, 3.05) is 18.5 Å². The molecule has 1 unspecified atom stereocenters. The van der Waals surface area contributed by atoms with Crippen LogP contribution >= 0.6 is 15.9 Å². The SMILES string of the molecule is CCC(CBr)c1ccc2c(c1)OCCCO2. The quantitative estimate of drug-likeness (QED) is 0.788. The normalized spacial score (nSPS) is 16.6. The van der Waals surface area contributed by atoms with Crippen molar-refractivity contribution in [3.8, 4) is 11.5 Å². The molecule has 0 fully saturated rings. The van der Waals surface area contributed by atoms with Gasteiger partial charge in [-0.2, -0.15) is 0 Å². The lowest BCUT2D eigenvalue weighted by atomic mass is 9.98. The second-order valence-electron chi connectivity index (χ2n) is 4.02. The summed E-state index contributed by atoms with van der Waals surface area (Å²) in [6, 6.07) is 6.29. The number of hydrogen-bond donors (Lipinski definition) is 0. The van der Waals surface area contributed by atoms with Crippen LogP contribution in [0.4, 0.5) is 0 Å². The first kappa shape index (κ1) is 11.8. The Balaban J connectivity index is 2.26. The minimum atomic E-state index is 0.553. The van der Waals surface area contributed by atoms with Gasteiger partial charge < -0.3 is 9.47 Å². The van der Waals surface area contributed by atoms with Gasteiger partial charge in [-0.1, -0.05) is 28.9 Å². The summed E-state index contributed by atoms with van der Waals surface area (Å²) < 4.78 is 11.3. The molecule has 0 spiro atoms. The second kappa shape index (κ2) is 5.58. The molecular weight excluding hydrogens is 268 g/mol. The molecule has 88 valence electrons. The van der Waals surface area contributed by atoms with Crippen molar-refractivity contribution in [1.82, 2.24) is 0 Å². The van der Waals surface area contributed by atoms with Gasteiger partial charge in [0.05, 0.1) is 13.2 Å². The summed E-state index contributed by atoms with van der Waals surface area (Å²) in [6.07, 6.45) is 2.09. The van der Waals surface area contributed by atoms with Gasteiger partial charge in [-0.25, -0.2) is 0 Å². The van der Waals surface area contributed by atoms with Gasteiger partial charge in [0.25, 0.3) is 0 Å². The molecule has 0 radical (unpaired) electrons. The minimum absolute atomic E-state index is 0.553. The van der Waals surface area contributed by atoms with Gasteiger partial charge in [0.2, 0.25) is 0 Å². The molecule has 0 saturated carbocycles. The third-order valence-electron chi connectivity index (χ3n) is 2.92. The van der Waals surface area contributed by atoms with Gasteiger partial charge >= 0.3 is 0 Å². The van der Waals surface area contributed by atoms with E-state index in [1.165, 1.54) is 5.56 Å². The Hall–Kier alpha value is -0.700. The largest absolute Gasteiger partial charge is 0.490 e. The van der Waals surface area contributed by atoms with E-state index in [1.54, 1.807) is 0 Å². The Labute approximate surface area is 105 Å². The van der Waals surface area contributed by atoms with Crippen LogP contribution in [0, 0.1) is 0 Å². The zero-order valence-corrected chi connectivity index (χ0v) is 11.1. The molecule has 0 saturated heterocycles. The summed E-state index contributed by atoms with van der Waals surface area (Å²) in [5, 5.41) is 0.989. The number of halogens is 1. The molecule has 16 heavy (non-hydrogen) atoms. The van der Waals surface area contributed by atoms with Crippen molar-refractivity contribution in [1.29, 1.82) is 0 Å². The zero-order valence-electron chi connectivity index (χ0n) is 9.54. The van der Waals surface area contributed by atoms with Gasteiger partial charge in [-0.05, 0) is 30.0 Å². The average Bonchev–Trinajstić information content (AvgIpc) is 2.55. The lowest BCUT2D eigenvalue weighted by Crippen LogP contribution is -2.00. The highest BCUT2D eigenvalue weighted by Crippen LogP contribution is 2.34. The first-order valence-electron chi connectivity index (χ1n) is 5.80. The van der Waals surface area contributed by atoms with E-state index in [2.05, 4.69) is 35.0 Å². The van der Waals surface area contributed by atoms with E-state index in [0.717, 1.165) is 42.9 Å². The fourth-order valence-electron chi connectivity index (χ4n) is 1.87. The fourth-order valence-corrected chi connectivity index (χ4v) is 2.70. The van der Waals surface area contributed by atoms with E-state index in [1.807, 2.05) is 6.07 Å². The van der Waals surface area contributed by atoms with Crippen molar-refractivity contribution < 1.29 is 9.47 Å². The summed E-state index contributed by atoms with van der Waals surface area (Å²) in [6.45, 7) is 3.71. The smallest absolute Gasteiger partial charge is 0.161 e. The Morgan fingerprint density at radius 1 is 1.25 bits per heavy atom. The highest BCUT2D eigenvalue weighted by Gasteiger charge is 2.14. The van der Waals surface area contributed by atoms with Crippen LogP contribution in [0.2, 0.25) is 0 Å². The average molecular weight is 285 g/mol. The molecule has 1 atom stereocenters. The second-order valence-corrected chi connectivity index (χ2v) is 4.66. The Morgan fingerprint density at radius 2 is 2.00 bits per heavy atom. The van der Waals surface area contributed by atoms with Crippen molar-refractivity contribution in [3.05, 3.63) is 23.8 Å². The number of benzene rings is 1. The van der Waals surface area contributed by atoms with Crippen LogP contribution in [-0.2, 0) is 0 Å². The number of rotatable bonds is 3. The number of hydrogen-bond acceptors (Lipinski definition) is 2. The van der Waals surface area contributed by atoms with Gasteiger partial charge in [0.15, 0.2) is 11.5 Å². The molecule has 1 heterocycles. The fraction of sp³-hybridized carbons (Fsp3) is 0.538. The van der Waals surface area contributed by atoms with E-state index in [9.17, 15) is 0 Å². The maximum atomic E-state index is 5.69. The van der Waals surface area contributed by atoms with Crippen molar-refractivity contribution >= 4 is 15.9 Å². The highest BCUT2D eigenvalue weighted by molar-refractivity contribution is 9.09. The van der Waals surface area contributed by atoms with Crippen LogP contribution in [0.5, 0.6) is 11.5 Å². The van der Waals surface area contributed by atoms with E-state index < -0.39 is 0 Å². The molecule has 2 rings (SSSR count). The van der Waals surface area contributed by atoms with E-state index >= 15 is 0 Å². The molecule has 1 aliphatic heterocycles. The van der Waals surface area contributed by atoms with Crippen LogP contribution in [0.25, 0.3) is 0 Å². The Bertz CT molecular complexity index is 348. The topological polar surface area (TPSA) is 18.5 Å². The molecule has 0 bridgehead atoms. The van der Waals surface area contributed by atoms with Gasteiger partial charge in [0, 0.05) is 11.8 Å². The van der Waals surface area contributed by atoms with Gasteiger partial charge in [-0.15, -0.1) is 0 Å². The van der Waals surface area contributed by atoms with Crippen molar-refractivity contribution in [2.45, 2.75) is 25.7 Å². The molecule has 0 aliphatic carbocycles. The third-order valence-corrected chi connectivity index (χ3v) is 3.70. The van der Waals surface area contributed by atoms with Crippen LogP contribution < -0.4 is 9.47 Å². The number of fused-ring (bicyclic) bond motifs is 1. The van der Waals surface area contributed by atoms with Crippen molar-refractivity contribution in [3.63, 3.8) is 0 Å². The molecular formula is C13H17BrO2. The molecule has 1 aliphatic rings. The van der Waals surface area contributed by atoms with Gasteiger partial charge in [0.1, 0.15) is 0 Å². The lowest BCUT2D eigenvalue weighted by molar-refractivity contribution is 0.297.